The molecule has 0 atom stereocenters. The first-order valence-corrected chi connectivity index (χ1v) is 9.87. The Morgan fingerprint density at radius 3 is 2.73 bits per heavy atom. The highest BCUT2D eigenvalue weighted by Crippen LogP contribution is 2.28. The van der Waals surface area contributed by atoms with Gasteiger partial charge in [0.2, 0.25) is 0 Å². The van der Waals surface area contributed by atoms with E-state index in [1.807, 2.05) is 6.92 Å². The number of nitrogens with zero attached hydrogens (tertiary/aromatic N) is 2. The molecule has 2 rings (SSSR count). The van der Waals surface area contributed by atoms with Crippen LogP contribution in [0.4, 0.5) is 4.79 Å². The van der Waals surface area contributed by atoms with Gasteiger partial charge in [0.05, 0.1) is 4.34 Å². The van der Waals surface area contributed by atoms with Crippen molar-refractivity contribution in [1.29, 1.82) is 0 Å². The number of hydrogen-bond donors (Lipinski definition) is 1. The fraction of sp³-hybridized carbons (Fsp3) is 0.615. The zero-order valence-corrected chi connectivity index (χ0v) is 14.8. The third-order valence-electron chi connectivity index (χ3n) is 3.41. The predicted octanol–water partition coefficient (Wildman–Crippen LogP) is 2.22. The summed E-state index contributed by atoms with van der Waals surface area (Å²) in [6.45, 7) is 4.29. The smallest absolute Gasteiger partial charge is 0.317 e. The number of rotatable bonds is 4. The van der Waals surface area contributed by atoms with Crippen LogP contribution >= 0.6 is 22.9 Å². The van der Waals surface area contributed by atoms with Crippen molar-refractivity contribution in [2.45, 2.75) is 24.0 Å². The molecule has 1 aromatic rings. The number of carbonyl (C=O) groups excluding carboxylic acids is 1. The van der Waals surface area contributed by atoms with Gasteiger partial charge in [0.15, 0.2) is 0 Å². The van der Waals surface area contributed by atoms with Crippen LogP contribution in [0.5, 0.6) is 0 Å². The van der Waals surface area contributed by atoms with Crippen LogP contribution in [0.1, 0.15) is 19.8 Å². The molecule has 6 nitrogen and oxygen atoms in total. The van der Waals surface area contributed by atoms with Gasteiger partial charge >= 0.3 is 6.03 Å². The zero-order valence-electron chi connectivity index (χ0n) is 12.4. The maximum Gasteiger partial charge on any atom is 0.317 e. The third kappa shape index (κ3) is 4.13. The monoisotopic (exact) mass is 365 g/mol. The summed E-state index contributed by atoms with van der Waals surface area (Å²) in [5.74, 6) is 0. The summed E-state index contributed by atoms with van der Waals surface area (Å²) >= 11 is 6.88. The number of thiophene rings is 1. The number of urea groups is 1. The van der Waals surface area contributed by atoms with Crippen LogP contribution in [0.3, 0.4) is 0 Å². The normalized spacial score (nSPS) is 17.3. The average molecular weight is 366 g/mol. The van der Waals surface area contributed by atoms with E-state index in [-0.39, 0.29) is 10.2 Å². The van der Waals surface area contributed by atoms with Crippen molar-refractivity contribution < 1.29 is 13.2 Å². The fourth-order valence-electron chi connectivity index (χ4n) is 2.24. The summed E-state index contributed by atoms with van der Waals surface area (Å²) in [4.78, 5) is 13.6. The molecule has 0 radical (unpaired) electrons. The SMILES string of the molecule is CCCNC(=O)N1CCCN(S(=O)(=O)c2ccc(Cl)s2)CC1. The van der Waals surface area contributed by atoms with Gasteiger partial charge in [0.1, 0.15) is 4.21 Å². The van der Waals surface area contributed by atoms with Crippen LogP contribution in [0, 0.1) is 0 Å². The summed E-state index contributed by atoms with van der Waals surface area (Å²) in [7, 11) is -3.52. The number of hydrogen-bond acceptors (Lipinski definition) is 4. The molecule has 124 valence electrons. The van der Waals surface area contributed by atoms with E-state index >= 15 is 0 Å². The van der Waals surface area contributed by atoms with E-state index in [4.69, 9.17) is 11.6 Å². The Bertz CT molecular complexity index is 618. The molecule has 1 fully saturated rings. The van der Waals surface area contributed by atoms with Gasteiger partial charge in [0, 0.05) is 32.7 Å². The Balaban J connectivity index is 2.02. The lowest BCUT2D eigenvalue weighted by Gasteiger charge is -2.21. The molecule has 1 aliphatic rings. The molecule has 0 aromatic carbocycles. The predicted molar refractivity (Wildman–Crippen MR) is 88.0 cm³/mol. The Kier molecular flexibility index (Phi) is 6.08. The summed E-state index contributed by atoms with van der Waals surface area (Å²) < 4.78 is 27.3. The van der Waals surface area contributed by atoms with Crippen molar-refractivity contribution in [3.63, 3.8) is 0 Å². The third-order valence-corrected chi connectivity index (χ3v) is 7.01. The molecule has 1 saturated heterocycles. The van der Waals surface area contributed by atoms with Crippen LogP contribution in [-0.4, -0.2) is 56.4 Å². The molecule has 9 heteroatoms. The second-order valence-corrected chi connectivity index (χ2v) is 8.92. The van der Waals surface area contributed by atoms with E-state index in [1.54, 1.807) is 11.0 Å². The van der Waals surface area contributed by atoms with E-state index in [9.17, 15) is 13.2 Å². The van der Waals surface area contributed by atoms with Gasteiger partial charge in [-0.05, 0) is 25.0 Å². The minimum absolute atomic E-state index is 0.125. The van der Waals surface area contributed by atoms with E-state index in [0.717, 1.165) is 17.8 Å². The lowest BCUT2D eigenvalue weighted by atomic mass is 10.4. The summed E-state index contributed by atoms with van der Waals surface area (Å²) in [5, 5.41) is 2.82. The standard InChI is InChI=1S/C13H20ClN3O3S2/c1-2-6-15-13(18)16-7-3-8-17(10-9-16)22(19,20)12-5-4-11(14)21-12/h4-5H,2-3,6-10H2,1H3,(H,15,18). The number of sulfonamides is 1. The van der Waals surface area contributed by atoms with E-state index in [2.05, 4.69) is 5.32 Å². The highest BCUT2D eigenvalue weighted by molar-refractivity contribution is 7.91. The molecule has 0 bridgehead atoms. The first-order chi connectivity index (χ1) is 10.4. The maximum atomic E-state index is 12.6. The lowest BCUT2D eigenvalue weighted by Crippen LogP contribution is -2.42. The highest BCUT2D eigenvalue weighted by Gasteiger charge is 2.29. The van der Waals surface area contributed by atoms with E-state index in [0.29, 0.717) is 43.5 Å². The van der Waals surface area contributed by atoms with E-state index < -0.39 is 10.0 Å². The van der Waals surface area contributed by atoms with Gasteiger partial charge in [-0.3, -0.25) is 0 Å². The van der Waals surface area contributed by atoms with Crippen molar-refractivity contribution in [2.75, 3.05) is 32.7 Å². The molecule has 1 aliphatic heterocycles. The number of nitrogens with one attached hydrogen (secondary N) is 1. The molecule has 0 saturated carbocycles. The number of halogens is 1. The molecular weight excluding hydrogens is 346 g/mol. The van der Waals surface area contributed by atoms with Crippen molar-refractivity contribution in [2.24, 2.45) is 0 Å². The molecule has 0 unspecified atom stereocenters. The van der Waals surface area contributed by atoms with Gasteiger partial charge in [0.25, 0.3) is 10.0 Å². The number of amides is 2. The van der Waals surface area contributed by atoms with Gasteiger partial charge in [-0.15, -0.1) is 11.3 Å². The topological polar surface area (TPSA) is 69.7 Å². The first-order valence-electron chi connectivity index (χ1n) is 7.23. The summed E-state index contributed by atoms with van der Waals surface area (Å²) in [6, 6.07) is 2.99. The first kappa shape index (κ1) is 17.5. The minimum atomic E-state index is -3.52. The van der Waals surface area contributed by atoms with E-state index in [1.165, 1.54) is 10.4 Å². The molecule has 1 N–H and O–H groups in total. The van der Waals surface area contributed by atoms with Crippen LogP contribution in [0.25, 0.3) is 0 Å². The van der Waals surface area contributed by atoms with Crippen molar-refractivity contribution in [3.05, 3.63) is 16.5 Å². The molecular formula is C13H20ClN3O3S2. The molecule has 2 heterocycles. The van der Waals surface area contributed by atoms with Gasteiger partial charge in [-0.2, -0.15) is 4.31 Å². The van der Waals surface area contributed by atoms with Gasteiger partial charge in [-0.25, -0.2) is 13.2 Å². The Hall–Kier alpha value is -0.830. The molecule has 0 spiro atoms. The Morgan fingerprint density at radius 1 is 1.32 bits per heavy atom. The summed E-state index contributed by atoms with van der Waals surface area (Å²) in [6.07, 6.45) is 1.50. The van der Waals surface area contributed by atoms with Gasteiger partial charge < -0.3 is 10.2 Å². The minimum Gasteiger partial charge on any atom is -0.338 e. The van der Waals surface area contributed by atoms with Crippen LogP contribution < -0.4 is 5.32 Å². The second kappa shape index (κ2) is 7.63. The highest BCUT2D eigenvalue weighted by atomic mass is 35.5. The zero-order chi connectivity index (χ0) is 16.2. The molecule has 1 aromatic heterocycles. The van der Waals surface area contributed by atoms with Crippen molar-refractivity contribution in [3.8, 4) is 0 Å². The van der Waals surface area contributed by atoms with Crippen LogP contribution in [-0.2, 0) is 10.0 Å². The fourth-order valence-corrected chi connectivity index (χ4v) is 5.35. The van der Waals surface area contributed by atoms with Gasteiger partial charge in [-0.1, -0.05) is 18.5 Å². The molecule has 0 aliphatic carbocycles. The van der Waals surface area contributed by atoms with Crippen molar-refractivity contribution in [1.82, 2.24) is 14.5 Å². The second-order valence-electron chi connectivity index (χ2n) is 5.04. The average Bonchev–Trinajstić information content (AvgIpc) is 2.77. The van der Waals surface area contributed by atoms with Crippen LogP contribution in [0.2, 0.25) is 4.34 Å². The number of carbonyl (C=O) groups is 1. The maximum absolute atomic E-state index is 12.6. The quantitative estimate of drug-likeness (QED) is 0.889. The van der Waals surface area contributed by atoms with Crippen LogP contribution in [0.15, 0.2) is 16.3 Å². The largest absolute Gasteiger partial charge is 0.338 e. The molecule has 2 amide bonds. The summed E-state index contributed by atoms with van der Waals surface area (Å²) in [5.41, 5.74) is 0. The Morgan fingerprint density at radius 2 is 2.09 bits per heavy atom. The molecule has 22 heavy (non-hydrogen) atoms. The Labute approximate surface area is 140 Å². The van der Waals surface area contributed by atoms with Crippen molar-refractivity contribution >= 4 is 39.0 Å². The lowest BCUT2D eigenvalue weighted by molar-refractivity contribution is 0.200.